The minimum atomic E-state index is -0.313. The van der Waals surface area contributed by atoms with Gasteiger partial charge in [0.2, 0.25) is 11.8 Å². The summed E-state index contributed by atoms with van der Waals surface area (Å²) < 4.78 is 18.7. The highest BCUT2D eigenvalue weighted by Gasteiger charge is 2.27. The van der Waals surface area contributed by atoms with Gasteiger partial charge >= 0.3 is 0 Å². The fourth-order valence-electron chi connectivity index (χ4n) is 3.60. The van der Waals surface area contributed by atoms with Gasteiger partial charge in [-0.2, -0.15) is 0 Å². The Morgan fingerprint density at radius 1 is 1.10 bits per heavy atom. The largest absolute Gasteiger partial charge is 0.441 e. The number of oxazole rings is 1. The van der Waals surface area contributed by atoms with Crippen LogP contribution in [0.1, 0.15) is 25.2 Å². The van der Waals surface area contributed by atoms with Gasteiger partial charge in [0, 0.05) is 43.6 Å². The summed E-state index contributed by atoms with van der Waals surface area (Å²) in [5.74, 6) is 1.07. The second kappa shape index (κ2) is 9.51. The highest BCUT2D eigenvalue weighted by atomic mass is 19.1. The Morgan fingerprint density at radius 2 is 1.87 bits per heavy atom. The zero-order valence-corrected chi connectivity index (χ0v) is 17.0. The van der Waals surface area contributed by atoms with Gasteiger partial charge in [-0.3, -0.25) is 9.59 Å². The third-order valence-corrected chi connectivity index (χ3v) is 5.37. The first-order valence-corrected chi connectivity index (χ1v) is 10.3. The molecular weight excluding hydrogens is 399 g/mol. The molecule has 0 unspecified atom stereocenters. The van der Waals surface area contributed by atoms with Crippen LogP contribution < -0.4 is 5.32 Å². The number of carbonyl (C=O) groups excluding carboxylic acids is 2. The Morgan fingerprint density at radius 3 is 2.58 bits per heavy atom. The van der Waals surface area contributed by atoms with E-state index < -0.39 is 0 Å². The van der Waals surface area contributed by atoms with Crippen molar-refractivity contribution in [2.75, 3.05) is 18.4 Å². The van der Waals surface area contributed by atoms with Crippen molar-refractivity contribution in [3.8, 4) is 11.3 Å². The number of piperidine rings is 1. The van der Waals surface area contributed by atoms with E-state index in [0.29, 0.717) is 49.8 Å². The molecule has 2 aromatic heterocycles. The van der Waals surface area contributed by atoms with Crippen LogP contribution in [0.5, 0.6) is 0 Å². The number of hydrogen-bond acceptors (Lipinski definition) is 5. The molecule has 1 aliphatic heterocycles. The van der Waals surface area contributed by atoms with Gasteiger partial charge in [-0.05, 0) is 49.2 Å². The number of nitrogens with zero attached hydrogens (tertiary/aromatic N) is 3. The summed E-state index contributed by atoms with van der Waals surface area (Å²) in [6.07, 6.45) is 5.14. The van der Waals surface area contributed by atoms with Gasteiger partial charge in [0.1, 0.15) is 11.6 Å². The van der Waals surface area contributed by atoms with Crippen molar-refractivity contribution in [3.05, 3.63) is 66.6 Å². The number of pyridine rings is 1. The van der Waals surface area contributed by atoms with E-state index in [9.17, 15) is 14.0 Å². The third-order valence-electron chi connectivity index (χ3n) is 5.37. The van der Waals surface area contributed by atoms with Crippen molar-refractivity contribution in [3.63, 3.8) is 0 Å². The molecule has 1 aromatic carbocycles. The fraction of sp³-hybridized carbons (Fsp3) is 0.304. The average Bonchev–Trinajstić information content (AvgIpc) is 3.28. The zero-order chi connectivity index (χ0) is 21.6. The smallest absolute Gasteiger partial charge is 0.228 e. The van der Waals surface area contributed by atoms with E-state index in [-0.39, 0.29) is 30.0 Å². The Bertz CT molecular complexity index is 1030. The van der Waals surface area contributed by atoms with E-state index in [2.05, 4.69) is 15.3 Å². The molecular formula is C23H23FN4O3. The molecule has 0 spiro atoms. The van der Waals surface area contributed by atoms with Crippen molar-refractivity contribution in [2.24, 2.45) is 5.92 Å². The van der Waals surface area contributed by atoms with Gasteiger partial charge in [-0.15, -0.1) is 0 Å². The first kappa shape index (κ1) is 20.7. The van der Waals surface area contributed by atoms with Crippen LogP contribution >= 0.6 is 0 Å². The maximum atomic E-state index is 13.0. The van der Waals surface area contributed by atoms with Crippen molar-refractivity contribution in [1.82, 2.24) is 14.9 Å². The Hall–Kier alpha value is -3.55. The average molecular weight is 422 g/mol. The summed E-state index contributed by atoms with van der Waals surface area (Å²) >= 11 is 0. The zero-order valence-electron chi connectivity index (χ0n) is 17.0. The van der Waals surface area contributed by atoms with Gasteiger partial charge in [0.15, 0.2) is 11.7 Å². The molecule has 3 aromatic rings. The molecule has 7 nitrogen and oxygen atoms in total. The number of benzene rings is 1. The quantitative estimate of drug-likeness (QED) is 0.655. The fourth-order valence-corrected chi connectivity index (χ4v) is 3.60. The minimum absolute atomic E-state index is 0.0186. The molecule has 0 aliphatic carbocycles. The molecule has 0 saturated carbocycles. The van der Waals surface area contributed by atoms with Crippen LogP contribution in [0.15, 0.2) is 59.3 Å². The lowest BCUT2D eigenvalue weighted by molar-refractivity contribution is -0.134. The molecule has 0 bridgehead atoms. The summed E-state index contributed by atoms with van der Waals surface area (Å²) in [7, 11) is 0. The number of anilines is 1. The number of hydrogen-bond donors (Lipinski definition) is 1. The molecule has 0 radical (unpaired) electrons. The van der Waals surface area contributed by atoms with Crippen LogP contribution in [-0.2, 0) is 16.0 Å². The van der Waals surface area contributed by atoms with Crippen LogP contribution in [0.25, 0.3) is 11.3 Å². The van der Waals surface area contributed by atoms with Crippen LogP contribution in [-0.4, -0.2) is 39.8 Å². The highest BCUT2D eigenvalue weighted by molar-refractivity contribution is 5.91. The number of aromatic nitrogens is 2. The van der Waals surface area contributed by atoms with Gasteiger partial charge in [-0.25, -0.2) is 14.4 Å². The number of nitrogens with one attached hydrogen (secondary N) is 1. The Kier molecular flexibility index (Phi) is 6.35. The molecule has 160 valence electrons. The lowest BCUT2D eigenvalue weighted by Gasteiger charge is -2.31. The van der Waals surface area contributed by atoms with Crippen molar-refractivity contribution in [2.45, 2.75) is 25.7 Å². The highest BCUT2D eigenvalue weighted by Crippen LogP contribution is 2.22. The monoisotopic (exact) mass is 422 g/mol. The number of aryl methyl sites for hydroxylation is 1. The van der Waals surface area contributed by atoms with Crippen LogP contribution in [0.2, 0.25) is 0 Å². The first-order chi connectivity index (χ1) is 15.1. The standard InChI is InChI=1S/C23H23FN4O3/c24-18-6-4-16(5-7-18)19-15-26-21(31-19)8-9-22(29)28-13-10-17(11-14-28)23(30)27-20-3-1-2-12-25-20/h1-7,12,15,17H,8-11,13-14H2,(H,25,27,30). The molecule has 1 N–H and O–H groups in total. The van der Waals surface area contributed by atoms with Gasteiger partial charge in [-0.1, -0.05) is 6.07 Å². The SMILES string of the molecule is O=C(Nc1ccccn1)C1CCN(C(=O)CCc2ncc(-c3ccc(F)cc3)o2)CC1. The van der Waals surface area contributed by atoms with Crippen molar-refractivity contribution < 1.29 is 18.4 Å². The maximum absolute atomic E-state index is 13.0. The molecule has 8 heteroatoms. The van der Waals surface area contributed by atoms with Crippen LogP contribution in [0, 0.1) is 11.7 Å². The van der Waals surface area contributed by atoms with Gasteiger partial charge in [0.05, 0.1) is 6.20 Å². The summed E-state index contributed by atoms with van der Waals surface area (Å²) in [5.41, 5.74) is 0.734. The molecule has 1 aliphatic rings. The predicted molar refractivity (Wildman–Crippen MR) is 112 cm³/mol. The molecule has 4 rings (SSSR count). The molecule has 1 fully saturated rings. The topological polar surface area (TPSA) is 88.3 Å². The second-order valence-electron chi connectivity index (χ2n) is 7.48. The second-order valence-corrected chi connectivity index (χ2v) is 7.48. The molecule has 31 heavy (non-hydrogen) atoms. The van der Waals surface area contributed by atoms with Crippen LogP contribution in [0.4, 0.5) is 10.2 Å². The molecule has 1 saturated heterocycles. The molecule has 3 heterocycles. The number of halogens is 1. The summed E-state index contributed by atoms with van der Waals surface area (Å²) in [5, 5.41) is 2.83. The number of likely N-dealkylation sites (tertiary alicyclic amines) is 1. The van der Waals surface area contributed by atoms with Crippen LogP contribution in [0.3, 0.4) is 0 Å². The summed E-state index contributed by atoms with van der Waals surface area (Å²) in [6, 6.07) is 11.3. The van der Waals surface area contributed by atoms with E-state index in [0.717, 1.165) is 5.56 Å². The number of amides is 2. The predicted octanol–water partition coefficient (Wildman–Crippen LogP) is 3.69. The third kappa shape index (κ3) is 5.33. The van der Waals surface area contributed by atoms with E-state index in [1.165, 1.54) is 12.1 Å². The van der Waals surface area contributed by atoms with E-state index in [1.54, 1.807) is 41.6 Å². The molecule has 2 amide bonds. The Labute approximate surface area is 179 Å². The van der Waals surface area contributed by atoms with E-state index in [4.69, 9.17) is 4.42 Å². The van der Waals surface area contributed by atoms with Crippen molar-refractivity contribution >= 4 is 17.6 Å². The summed E-state index contributed by atoms with van der Waals surface area (Å²) in [4.78, 5) is 35.1. The normalized spacial score (nSPS) is 14.4. The van der Waals surface area contributed by atoms with E-state index >= 15 is 0 Å². The van der Waals surface area contributed by atoms with Crippen molar-refractivity contribution in [1.29, 1.82) is 0 Å². The lowest BCUT2D eigenvalue weighted by Crippen LogP contribution is -2.41. The van der Waals surface area contributed by atoms with E-state index in [1.807, 2.05) is 6.07 Å². The van der Waals surface area contributed by atoms with Gasteiger partial charge < -0.3 is 14.6 Å². The maximum Gasteiger partial charge on any atom is 0.228 e. The summed E-state index contributed by atoms with van der Waals surface area (Å²) in [6.45, 7) is 1.09. The van der Waals surface area contributed by atoms with Gasteiger partial charge in [0.25, 0.3) is 0 Å². The first-order valence-electron chi connectivity index (χ1n) is 10.3. The minimum Gasteiger partial charge on any atom is -0.441 e. The molecule has 0 atom stereocenters. The number of rotatable bonds is 6. The lowest BCUT2D eigenvalue weighted by atomic mass is 9.95. The Balaban J connectivity index is 1.23. The number of carbonyl (C=O) groups is 2.